The SMILES string of the molecule is NC[C@]1(c2cccc(I)c2)CC[C@H](n2nc(C3CC3)ccc2=O)CC1. The third-order valence-electron chi connectivity index (χ3n) is 5.93. The molecule has 2 aliphatic carbocycles. The highest BCUT2D eigenvalue weighted by atomic mass is 127. The van der Waals surface area contributed by atoms with Crippen LogP contribution in [0.5, 0.6) is 0 Å². The van der Waals surface area contributed by atoms with Gasteiger partial charge >= 0.3 is 0 Å². The van der Waals surface area contributed by atoms with Crippen LogP contribution in [0.2, 0.25) is 0 Å². The molecule has 5 heteroatoms. The fraction of sp³-hybridized carbons (Fsp3) is 0.500. The second-order valence-corrected chi connectivity index (χ2v) is 8.79. The minimum Gasteiger partial charge on any atom is -0.330 e. The molecule has 0 bridgehead atoms. The maximum atomic E-state index is 12.3. The van der Waals surface area contributed by atoms with Gasteiger partial charge in [-0.1, -0.05) is 12.1 Å². The number of benzene rings is 1. The van der Waals surface area contributed by atoms with Crippen molar-refractivity contribution in [2.75, 3.05) is 6.54 Å². The predicted octanol–water partition coefficient (Wildman–Crippen LogP) is 3.74. The van der Waals surface area contributed by atoms with E-state index in [0.717, 1.165) is 31.4 Å². The van der Waals surface area contributed by atoms with Crippen molar-refractivity contribution in [3.8, 4) is 0 Å². The molecular weight excluding hydrogens is 425 g/mol. The van der Waals surface area contributed by atoms with Gasteiger partial charge in [-0.3, -0.25) is 4.79 Å². The number of hydrogen-bond donors (Lipinski definition) is 1. The van der Waals surface area contributed by atoms with Gasteiger partial charge in [-0.25, -0.2) is 4.68 Å². The third kappa shape index (κ3) is 3.40. The van der Waals surface area contributed by atoms with Gasteiger partial charge in [0.15, 0.2) is 0 Å². The summed E-state index contributed by atoms with van der Waals surface area (Å²) in [4.78, 5) is 12.3. The molecule has 2 aromatic rings. The number of halogens is 1. The molecule has 2 fully saturated rings. The highest BCUT2D eigenvalue weighted by Gasteiger charge is 2.37. The van der Waals surface area contributed by atoms with Crippen LogP contribution in [0.15, 0.2) is 41.2 Å². The second-order valence-electron chi connectivity index (χ2n) is 7.54. The largest absolute Gasteiger partial charge is 0.330 e. The predicted molar refractivity (Wildman–Crippen MR) is 108 cm³/mol. The normalized spacial score (nSPS) is 26.6. The summed E-state index contributed by atoms with van der Waals surface area (Å²) in [5.41, 5.74) is 8.72. The highest BCUT2D eigenvalue weighted by Crippen LogP contribution is 2.43. The van der Waals surface area contributed by atoms with E-state index in [1.165, 1.54) is 22.0 Å². The van der Waals surface area contributed by atoms with Gasteiger partial charge < -0.3 is 5.73 Å². The van der Waals surface area contributed by atoms with Crippen molar-refractivity contribution in [1.82, 2.24) is 9.78 Å². The molecule has 0 saturated heterocycles. The van der Waals surface area contributed by atoms with Crippen LogP contribution in [-0.2, 0) is 5.41 Å². The lowest BCUT2D eigenvalue weighted by atomic mass is 9.68. The lowest BCUT2D eigenvalue weighted by Gasteiger charge is -2.40. The van der Waals surface area contributed by atoms with Crippen LogP contribution < -0.4 is 11.3 Å². The zero-order valence-electron chi connectivity index (χ0n) is 14.3. The van der Waals surface area contributed by atoms with E-state index in [-0.39, 0.29) is 17.0 Å². The third-order valence-corrected chi connectivity index (χ3v) is 6.60. The van der Waals surface area contributed by atoms with Gasteiger partial charge in [0.1, 0.15) is 0 Å². The molecule has 2 aliphatic rings. The summed E-state index contributed by atoms with van der Waals surface area (Å²) in [6.45, 7) is 0.657. The molecule has 2 saturated carbocycles. The summed E-state index contributed by atoms with van der Waals surface area (Å²) >= 11 is 2.36. The minimum absolute atomic E-state index is 0.0314. The van der Waals surface area contributed by atoms with Crippen LogP contribution in [0.25, 0.3) is 0 Å². The van der Waals surface area contributed by atoms with Crippen LogP contribution >= 0.6 is 22.6 Å². The maximum absolute atomic E-state index is 12.3. The van der Waals surface area contributed by atoms with Crippen molar-refractivity contribution in [2.45, 2.75) is 55.9 Å². The standard InChI is InChI=1S/C20H24IN3O/c21-16-3-1-2-15(12-16)20(13-22)10-8-17(9-11-20)24-19(25)7-6-18(23-24)14-4-5-14/h1-3,6-7,12,14,17H,4-5,8-11,13,22H2/t17-,20-. The van der Waals surface area contributed by atoms with E-state index in [9.17, 15) is 4.79 Å². The average molecular weight is 449 g/mol. The fourth-order valence-corrected chi connectivity index (χ4v) is 4.67. The molecule has 0 amide bonds. The molecule has 25 heavy (non-hydrogen) atoms. The van der Waals surface area contributed by atoms with Crippen molar-refractivity contribution in [3.63, 3.8) is 0 Å². The van der Waals surface area contributed by atoms with Crippen LogP contribution in [-0.4, -0.2) is 16.3 Å². The molecule has 0 unspecified atom stereocenters. The van der Waals surface area contributed by atoms with Crippen LogP contribution in [0.1, 0.15) is 61.7 Å². The number of rotatable bonds is 4. The first-order valence-corrected chi connectivity index (χ1v) is 10.2. The van der Waals surface area contributed by atoms with Crippen molar-refractivity contribution < 1.29 is 0 Å². The van der Waals surface area contributed by atoms with E-state index in [1.807, 2.05) is 6.07 Å². The Morgan fingerprint density at radius 3 is 2.56 bits per heavy atom. The van der Waals surface area contributed by atoms with Crippen molar-refractivity contribution in [1.29, 1.82) is 0 Å². The van der Waals surface area contributed by atoms with Gasteiger partial charge in [-0.15, -0.1) is 0 Å². The molecule has 0 atom stereocenters. The van der Waals surface area contributed by atoms with Crippen LogP contribution in [0.4, 0.5) is 0 Å². The van der Waals surface area contributed by atoms with Crippen LogP contribution in [0.3, 0.4) is 0 Å². The summed E-state index contributed by atoms with van der Waals surface area (Å²) in [7, 11) is 0. The Labute approximate surface area is 162 Å². The molecule has 2 N–H and O–H groups in total. The minimum atomic E-state index is 0.0314. The van der Waals surface area contributed by atoms with Crippen molar-refractivity contribution >= 4 is 22.6 Å². The lowest BCUT2D eigenvalue weighted by Crippen LogP contribution is -2.41. The molecule has 132 valence electrons. The number of aromatic nitrogens is 2. The zero-order valence-corrected chi connectivity index (χ0v) is 16.5. The van der Waals surface area contributed by atoms with E-state index in [0.29, 0.717) is 12.5 Å². The summed E-state index contributed by atoms with van der Waals surface area (Å²) in [5.74, 6) is 0.574. The van der Waals surface area contributed by atoms with E-state index >= 15 is 0 Å². The van der Waals surface area contributed by atoms with Gasteiger partial charge in [0.25, 0.3) is 5.56 Å². The average Bonchev–Trinajstić information content (AvgIpc) is 3.47. The van der Waals surface area contributed by atoms with Crippen molar-refractivity contribution in [3.05, 3.63) is 61.6 Å². The monoisotopic (exact) mass is 449 g/mol. The van der Waals surface area contributed by atoms with Gasteiger partial charge in [-0.05, 0) is 84.9 Å². The highest BCUT2D eigenvalue weighted by molar-refractivity contribution is 14.1. The molecule has 0 spiro atoms. The number of nitrogens with zero attached hydrogens (tertiary/aromatic N) is 2. The van der Waals surface area contributed by atoms with E-state index in [4.69, 9.17) is 10.8 Å². The van der Waals surface area contributed by atoms with E-state index in [2.05, 4.69) is 46.9 Å². The van der Waals surface area contributed by atoms with Crippen molar-refractivity contribution in [2.24, 2.45) is 5.73 Å². The topological polar surface area (TPSA) is 60.9 Å². The Kier molecular flexibility index (Phi) is 4.71. The summed E-state index contributed by atoms with van der Waals surface area (Å²) in [6.07, 6.45) is 6.36. The first kappa shape index (κ1) is 17.2. The van der Waals surface area contributed by atoms with Gasteiger partial charge in [0.05, 0.1) is 11.7 Å². The molecule has 1 aromatic carbocycles. The number of nitrogens with two attached hydrogens (primary N) is 1. The van der Waals surface area contributed by atoms with Gasteiger partial charge in [0.2, 0.25) is 0 Å². The molecule has 1 heterocycles. The number of hydrogen-bond acceptors (Lipinski definition) is 3. The second kappa shape index (κ2) is 6.83. The Morgan fingerprint density at radius 1 is 1.16 bits per heavy atom. The first-order chi connectivity index (χ1) is 12.1. The Hall–Kier alpha value is -1.21. The Balaban J connectivity index is 1.56. The maximum Gasteiger partial charge on any atom is 0.267 e. The molecule has 0 aliphatic heterocycles. The summed E-state index contributed by atoms with van der Waals surface area (Å²) < 4.78 is 3.00. The summed E-state index contributed by atoms with van der Waals surface area (Å²) in [6, 6.07) is 12.5. The Bertz CT molecular complexity index is 820. The van der Waals surface area contributed by atoms with E-state index in [1.54, 1.807) is 10.7 Å². The lowest BCUT2D eigenvalue weighted by molar-refractivity contribution is 0.221. The summed E-state index contributed by atoms with van der Waals surface area (Å²) in [5, 5.41) is 4.69. The quantitative estimate of drug-likeness (QED) is 0.724. The molecule has 0 radical (unpaired) electrons. The van der Waals surface area contributed by atoms with Gasteiger partial charge in [0, 0.05) is 27.5 Å². The molecule has 1 aromatic heterocycles. The molecule has 4 nitrogen and oxygen atoms in total. The smallest absolute Gasteiger partial charge is 0.267 e. The van der Waals surface area contributed by atoms with Gasteiger partial charge in [-0.2, -0.15) is 5.10 Å². The van der Waals surface area contributed by atoms with Crippen LogP contribution in [0, 0.1) is 3.57 Å². The Morgan fingerprint density at radius 2 is 1.92 bits per heavy atom. The zero-order chi connectivity index (χ0) is 17.4. The first-order valence-electron chi connectivity index (χ1n) is 9.17. The van der Waals surface area contributed by atoms with E-state index < -0.39 is 0 Å². The molecular formula is C20H24IN3O. The molecule has 4 rings (SSSR count). The fourth-order valence-electron chi connectivity index (χ4n) is 4.13.